The number of benzene rings is 1. The Labute approximate surface area is 145 Å². The van der Waals surface area contributed by atoms with Crippen LogP contribution in [0.15, 0.2) is 41.0 Å². The fourth-order valence-corrected chi connectivity index (χ4v) is 5.12. The van der Waals surface area contributed by atoms with Gasteiger partial charge in [-0.25, -0.2) is 23.4 Å². The Balaban J connectivity index is 1.63. The lowest BCUT2D eigenvalue weighted by molar-refractivity contribution is 0.580. The summed E-state index contributed by atoms with van der Waals surface area (Å²) in [6, 6.07) is 7.48. The second-order valence-corrected chi connectivity index (χ2v) is 9.24. The molecule has 5 nitrogen and oxygen atoms in total. The fraction of sp³-hybridized carbons (Fsp3) is 0.353. The summed E-state index contributed by atoms with van der Waals surface area (Å²) in [4.78, 5) is 12.9. The van der Waals surface area contributed by atoms with Crippen molar-refractivity contribution >= 4 is 31.4 Å². The van der Waals surface area contributed by atoms with Gasteiger partial charge in [-0.2, -0.15) is 0 Å². The molecule has 1 atom stereocenters. The highest BCUT2D eigenvalue weighted by Gasteiger charge is 2.20. The lowest BCUT2D eigenvalue weighted by Crippen LogP contribution is -2.08. The van der Waals surface area contributed by atoms with Gasteiger partial charge in [0.2, 0.25) is 14.2 Å². The second-order valence-electron chi connectivity index (χ2n) is 5.93. The number of fused-ring (bicyclic) bond motifs is 1. The van der Waals surface area contributed by atoms with Crippen LogP contribution in [-0.2, 0) is 9.84 Å². The van der Waals surface area contributed by atoms with Crippen molar-refractivity contribution in [3.05, 3.63) is 48.0 Å². The second kappa shape index (κ2) is 6.94. The van der Waals surface area contributed by atoms with Crippen LogP contribution in [0.5, 0.6) is 0 Å². The van der Waals surface area contributed by atoms with Crippen LogP contribution in [-0.4, -0.2) is 29.1 Å². The molecule has 0 saturated heterocycles. The van der Waals surface area contributed by atoms with Gasteiger partial charge in [0.1, 0.15) is 5.82 Å². The van der Waals surface area contributed by atoms with Gasteiger partial charge < -0.3 is 0 Å². The molecule has 0 N–H and O–H groups in total. The van der Waals surface area contributed by atoms with Crippen LogP contribution in [0.3, 0.4) is 0 Å². The molecule has 1 aromatic carbocycles. The van der Waals surface area contributed by atoms with Gasteiger partial charge in [0, 0.05) is 18.3 Å². The number of rotatable bonds is 6. The van der Waals surface area contributed by atoms with Crippen LogP contribution in [0.1, 0.15) is 37.1 Å². The Morgan fingerprint density at radius 1 is 1.17 bits per heavy atom. The number of aryl methyl sites for hydroxylation is 1. The summed E-state index contributed by atoms with van der Waals surface area (Å²) in [6.07, 6.45) is 4.87. The molecule has 3 rings (SSSR count). The summed E-state index contributed by atoms with van der Waals surface area (Å²) in [5.41, 5.74) is 1.76. The van der Waals surface area contributed by atoms with E-state index in [4.69, 9.17) is 0 Å². The largest absolute Gasteiger partial charge is 0.241 e. The number of thiazole rings is 1. The first kappa shape index (κ1) is 17.0. The first-order chi connectivity index (χ1) is 11.5. The van der Waals surface area contributed by atoms with Crippen molar-refractivity contribution in [3.8, 4) is 0 Å². The Bertz CT molecular complexity index is 901. The maximum absolute atomic E-state index is 12.5. The first-order valence-corrected chi connectivity index (χ1v) is 10.3. The van der Waals surface area contributed by atoms with E-state index < -0.39 is 9.84 Å². The van der Waals surface area contributed by atoms with Crippen molar-refractivity contribution in [1.82, 2.24) is 15.0 Å². The Morgan fingerprint density at radius 2 is 1.88 bits per heavy atom. The molecular formula is C17H19N3O2S2. The molecule has 0 radical (unpaired) electrons. The summed E-state index contributed by atoms with van der Waals surface area (Å²) in [5.74, 6) is 0.998. The zero-order valence-corrected chi connectivity index (χ0v) is 15.3. The highest BCUT2D eigenvalue weighted by molar-refractivity contribution is 7.93. The van der Waals surface area contributed by atoms with E-state index in [1.54, 1.807) is 12.4 Å². The minimum absolute atomic E-state index is 0.100. The summed E-state index contributed by atoms with van der Waals surface area (Å²) < 4.78 is 26.1. The molecule has 3 aromatic rings. The van der Waals surface area contributed by atoms with Gasteiger partial charge in [-0.05, 0) is 37.5 Å². The van der Waals surface area contributed by atoms with Crippen molar-refractivity contribution in [2.45, 2.75) is 36.9 Å². The number of sulfone groups is 1. The van der Waals surface area contributed by atoms with E-state index in [1.807, 2.05) is 38.1 Å². The smallest absolute Gasteiger partial charge is 0.210 e. The molecule has 2 aromatic heterocycles. The van der Waals surface area contributed by atoms with Crippen molar-refractivity contribution in [2.75, 3.05) is 5.75 Å². The number of hydrogen-bond donors (Lipinski definition) is 0. The van der Waals surface area contributed by atoms with E-state index >= 15 is 0 Å². The van der Waals surface area contributed by atoms with Crippen LogP contribution >= 0.6 is 11.3 Å². The van der Waals surface area contributed by atoms with Crippen molar-refractivity contribution in [1.29, 1.82) is 0 Å². The van der Waals surface area contributed by atoms with Gasteiger partial charge in [0.25, 0.3) is 0 Å². The van der Waals surface area contributed by atoms with Crippen LogP contribution in [0.25, 0.3) is 10.2 Å². The van der Waals surface area contributed by atoms with E-state index in [2.05, 4.69) is 15.0 Å². The Morgan fingerprint density at radius 3 is 2.58 bits per heavy atom. The van der Waals surface area contributed by atoms with E-state index in [1.165, 1.54) is 11.3 Å². The average molecular weight is 361 g/mol. The predicted molar refractivity (Wildman–Crippen MR) is 96.1 cm³/mol. The third-order valence-electron chi connectivity index (χ3n) is 3.83. The molecule has 0 spiro atoms. The third kappa shape index (κ3) is 3.79. The monoisotopic (exact) mass is 361 g/mol. The number of nitrogens with zero attached hydrogens (tertiary/aromatic N) is 3. The summed E-state index contributed by atoms with van der Waals surface area (Å²) >= 11 is 1.24. The molecule has 0 aliphatic carbocycles. The van der Waals surface area contributed by atoms with E-state index in [9.17, 15) is 8.42 Å². The van der Waals surface area contributed by atoms with Crippen molar-refractivity contribution in [2.24, 2.45) is 0 Å². The van der Waals surface area contributed by atoms with Crippen molar-refractivity contribution in [3.63, 3.8) is 0 Å². The average Bonchev–Trinajstić information content (AvgIpc) is 3.00. The molecule has 126 valence electrons. The fourth-order valence-electron chi connectivity index (χ4n) is 2.44. The molecule has 7 heteroatoms. The SMILES string of the molecule is Cc1cnc([C@@H](C)CCCS(=O)(=O)c2nc3ccccc3s2)nc1. The molecule has 0 aliphatic rings. The van der Waals surface area contributed by atoms with E-state index in [0.717, 1.165) is 28.0 Å². The number of para-hydroxylation sites is 1. The molecule has 24 heavy (non-hydrogen) atoms. The summed E-state index contributed by atoms with van der Waals surface area (Å²) in [5, 5.41) is 0. The molecule has 0 fully saturated rings. The quantitative estimate of drug-likeness (QED) is 0.668. The van der Waals surface area contributed by atoms with E-state index in [0.29, 0.717) is 6.42 Å². The Hall–Kier alpha value is -1.86. The minimum Gasteiger partial charge on any atom is -0.241 e. The molecule has 0 bridgehead atoms. The van der Waals surface area contributed by atoms with E-state index in [-0.39, 0.29) is 16.0 Å². The van der Waals surface area contributed by atoms with Gasteiger partial charge >= 0.3 is 0 Å². The van der Waals surface area contributed by atoms with Gasteiger partial charge in [0.15, 0.2) is 0 Å². The maximum Gasteiger partial charge on any atom is 0.210 e. The molecular weight excluding hydrogens is 342 g/mol. The summed E-state index contributed by atoms with van der Waals surface area (Å²) in [7, 11) is -3.34. The maximum atomic E-state index is 12.5. The molecule has 0 aliphatic heterocycles. The predicted octanol–water partition coefficient (Wildman–Crippen LogP) is 3.75. The first-order valence-electron chi connectivity index (χ1n) is 7.82. The van der Waals surface area contributed by atoms with Gasteiger partial charge in [-0.3, -0.25) is 0 Å². The van der Waals surface area contributed by atoms with Crippen molar-refractivity contribution < 1.29 is 8.42 Å². The lowest BCUT2D eigenvalue weighted by Gasteiger charge is -2.09. The molecule has 2 heterocycles. The van der Waals surface area contributed by atoms with Gasteiger partial charge in [0.05, 0.1) is 16.0 Å². The zero-order valence-electron chi connectivity index (χ0n) is 13.6. The van der Waals surface area contributed by atoms with Crippen LogP contribution in [0, 0.1) is 6.92 Å². The van der Waals surface area contributed by atoms with Crippen LogP contribution in [0.4, 0.5) is 0 Å². The molecule has 0 saturated carbocycles. The minimum atomic E-state index is -3.34. The zero-order chi connectivity index (χ0) is 17.2. The highest BCUT2D eigenvalue weighted by atomic mass is 32.2. The standard InChI is InChI=1S/C17H19N3O2S2/c1-12-10-18-16(19-11-12)13(2)6-5-9-24(21,22)17-20-14-7-3-4-8-15(14)23-17/h3-4,7-8,10-11,13H,5-6,9H2,1-2H3/t13-/m0/s1. The highest BCUT2D eigenvalue weighted by Crippen LogP contribution is 2.27. The summed E-state index contributed by atoms with van der Waals surface area (Å²) in [6.45, 7) is 3.97. The normalized spacial score (nSPS) is 13.2. The van der Waals surface area contributed by atoms with Crippen LogP contribution < -0.4 is 0 Å². The molecule has 0 unspecified atom stereocenters. The van der Waals surface area contributed by atoms with Crippen LogP contribution in [0.2, 0.25) is 0 Å². The Kier molecular flexibility index (Phi) is 4.91. The van der Waals surface area contributed by atoms with Gasteiger partial charge in [-0.15, -0.1) is 11.3 Å². The lowest BCUT2D eigenvalue weighted by atomic mass is 10.1. The number of aromatic nitrogens is 3. The number of hydrogen-bond acceptors (Lipinski definition) is 6. The topological polar surface area (TPSA) is 72.8 Å². The molecule has 0 amide bonds. The van der Waals surface area contributed by atoms with Gasteiger partial charge in [-0.1, -0.05) is 19.1 Å². The third-order valence-corrected chi connectivity index (χ3v) is 7.12.